The number of carbonyl (C=O) groups is 1. The third-order valence-electron chi connectivity index (χ3n) is 3.96. The summed E-state index contributed by atoms with van der Waals surface area (Å²) in [6, 6.07) is 15.4. The van der Waals surface area contributed by atoms with Gasteiger partial charge in [0.15, 0.2) is 0 Å². The molecule has 1 fully saturated rings. The van der Waals surface area contributed by atoms with Crippen LogP contribution in [0.3, 0.4) is 0 Å². The summed E-state index contributed by atoms with van der Waals surface area (Å²) in [5.74, 6) is 0.0642. The van der Waals surface area contributed by atoms with Gasteiger partial charge in [0.25, 0.3) is 0 Å². The molecular formula is C17H13Cl2N3O. The number of hydrogen-bond donors (Lipinski definition) is 1. The molecule has 116 valence electrons. The van der Waals surface area contributed by atoms with Gasteiger partial charge < -0.3 is 5.32 Å². The highest BCUT2D eigenvalue weighted by Crippen LogP contribution is 2.53. The topological polar surface area (TPSA) is 46.4 Å². The molecule has 1 N–H and O–H groups in total. The van der Waals surface area contributed by atoms with Crippen molar-refractivity contribution in [2.75, 3.05) is 5.32 Å². The summed E-state index contributed by atoms with van der Waals surface area (Å²) in [5.41, 5.74) is 2.42. The number of amides is 1. The fourth-order valence-corrected chi connectivity index (χ4v) is 3.12. The Morgan fingerprint density at radius 2 is 1.87 bits per heavy atom. The van der Waals surface area contributed by atoms with E-state index in [2.05, 4.69) is 10.3 Å². The van der Waals surface area contributed by atoms with Gasteiger partial charge in [-0.25, -0.2) is 4.98 Å². The number of alkyl halides is 2. The van der Waals surface area contributed by atoms with Crippen LogP contribution in [0.4, 0.5) is 5.82 Å². The molecule has 1 aromatic carbocycles. The van der Waals surface area contributed by atoms with E-state index in [1.165, 1.54) is 0 Å². The molecule has 1 unspecified atom stereocenters. The van der Waals surface area contributed by atoms with Crippen molar-refractivity contribution in [1.82, 2.24) is 9.38 Å². The van der Waals surface area contributed by atoms with Crippen molar-refractivity contribution in [3.8, 4) is 11.3 Å². The molecule has 3 aromatic rings. The van der Waals surface area contributed by atoms with Crippen molar-refractivity contribution in [2.24, 2.45) is 5.92 Å². The maximum absolute atomic E-state index is 12.4. The first kappa shape index (κ1) is 14.5. The Hall–Kier alpha value is -2.04. The average Bonchev–Trinajstić information content (AvgIpc) is 3.05. The number of fused-ring (bicyclic) bond motifs is 1. The zero-order valence-electron chi connectivity index (χ0n) is 12.0. The first-order valence-electron chi connectivity index (χ1n) is 7.27. The number of halogens is 2. The van der Waals surface area contributed by atoms with Crippen LogP contribution >= 0.6 is 23.2 Å². The second-order valence-electron chi connectivity index (χ2n) is 5.61. The van der Waals surface area contributed by atoms with Crippen LogP contribution < -0.4 is 5.32 Å². The van der Waals surface area contributed by atoms with Crippen LogP contribution in [0.1, 0.15) is 6.42 Å². The summed E-state index contributed by atoms with van der Waals surface area (Å²) < 4.78 is 0.907. The van der Waals surface area contributed by atoms with Crippen LogP contribution in [0.2, 0.25) is 0 Å². The smallest absolute Gasteiger partial charge is 0.231 e. The minimum atomic E-state index is -0.947. The number of nitrogens with one attached hydrogen (secondary N) is 1. The number of nitrogens with zero attached hydrogens (tertiary/aromatic N) is 2. The molecule has 1 aliphatic carbocycles. The van der Waals surface area contributed by atoms with Gasteiger partial charge in [0.2, 0.25) is 5.91 Å². The molecule has 0 spiro atoms. The fraction of sp³-hybridized carbons (Fsp3) is 0.176. The van der Waals surface area contributed by atoms with E-state index >= 15 is 0 Å². The lowest BCUT2D eigenvalue weighted by Crippen LogP contribution is -2.18. The van der Waals surface area contributed by atoms with Crippen LogP contribution in [0.5, 0.6) is 0 Å². The molecule has 2 heterocycles. The van der Waals surface area contributed by atoms with E-state index in [0.29, 0.717) is 12.2 Å². The summed E-state index contributed by atoms with van der Waals surface area (Å²) in [5, 5.41) is 2.94. The molecule has 1 aliphatic rings. The molecule has 1 saturated carbocycles. The Kier molecular flexibility index (Phi) is 3.32. The number of hydrogen-bond acceptors (Lipinski definition) is 2. The Balaban J connectivity index is 1.79. The van der Waals surface area contributed by atoms with Gasteiger partial charge >= 0.3 is 0 Å². The number of imidazole rings is 1. The van der Waals surface area contributed by atoms with Gasteiger partial charge in [-0.05, 0) is 18.6 Å². The second-order valence-corrected chi connectivity index (χ2v) is 7.15. The summed E-state index contributed by atoms with van der Waals surface area (Å²) >= 11 is 12.0. The van der Waals surface area contributed by atoms with E-state index in [-0.39, 0.29) is 11.8 Å². The van der Waals surface area contributed by atoms with Crippen molar-refractivity contribution in [1.29, 1.82) is 0 Å². The molecular weight excluding hydrogens is 333 g/mol. The third kappa shape index (κ3) is 2.58. The number of aromatic nitrogens is 2. The maximum atomic E-state index is 12.4. The molecule has 0 bridgehead atoms. The van der Waals surface area contributed by atoms with Gasteiger partial charge in [-0.3, -0.25) is 9.20 Å². The standard InChI is InChI=1S/C17H13Cl2N3O/c18-17(19)10-12(17)16(23)21-15-14(11-6-2-1-3-7-11)20-13-8-4-5-9-22(13)15/h1-9,12H,10H2,(H,21,23). The molecule has 1 amide bonds. The van der Waals surface area contributed by atoms with E-state index in [1.807, 2.05) is 59.1 Å². The van der Waals surface area contributed by atoms with Gasteiger partial charge in [-0.15, -0.1) is 23.2 Å². The number of benzene rings is 1. The second kappa shape index (κ2) is 5.25. The predicted molar refractivity (Wildman–Crippen MR) is 91.8 cm³/mol. The Morgan fingerprint density at radius 1 is 1.17 bits per heavy atom. The van der Waals surface area contributed by atoms with Crippen molar-refractivity contribution in [2.45, 2.75) is 10.8 Å². The molecule has 4 rings (SSSR count). The molecule has 23 heavy (non-hydrogen) atoms. The zero-order chi connectivity index (χ0) is 16.0. The largest absolute Gasteiger partial charge is 0.310 e. The van der Waals surface area contributed by atoms with E-state index in [9.17, 15) is 4.79 Å². The summed E-state index contributed by atoms with van der Waals surface area (Å²) in [6.45, 7) is 0. The highest BCUT2D eigenvalue weighted by atomic mass is 35.5. The van der Waals surface area contributed by atoms with Crippen LogP contribution in [-0.2, 0) is 4.79 Å². The van der Waals surface area contributed by atoms with E-state index < -0.39 is 4.33 Å². The molecule has 4 nitrogen and oxygen atoms in total. The Morgan fingerprint density at radius 3 is 2.57 bits per heavy atom. The van der Waals surface area contributed by atoms with Crippen LogP contribution in [0, 0.1) is 5.92 Å². The monoisotopic (exact) mass is 345 g/mol. The normalized spacial score (nSPS) is 18.8. The fourth-order valence-electron chi connectivity index (χ4n) is 2.61. The Labute approximate surface area is 143 Å². The molecule has 0 aliphatic heterocycles. The van der Waals surface area contributed by atoms with Gasteiger partial charge in [-0.1, -0.05) is 36.4 Å². The van der Waals surface area contributed by atoms with E-state index in [0.717, 1.165) is 16.9 Å². The molecule has 0 saturated heterocycles. The highest BCUT2D eigenvalue weighted by molar-refractivity contribution is 6.52. The van der Waals surface area contributed by atoms with Crippen molar-refractivity contribution in [3.63, 3.8) is 0 Å². The van der Waals surface area contributed by atoms with Crippen LogP contribution in [0.25, 0.3) is 16.9 Å². The van der Waals surface area contributed by atoms with Gasteiger partial charge in [0.1, 0.15) is 21.5 Å². The van der Waals surface area contributed by atoms with Crippen molar-refractivity contribution < 1.29 is 4.79 Å². The number of carbonyl (C=O) groups excluding carboxylic acids is 1. The van der Waals surface area contributed by atoms with Crippen molar-refractivity contribution in [3.05, 3.63) is 54.7 Å². The summed E-state index contributed by atoms with van der Waals surface area (Å²) in [7, 11) is 0. The van der Waals surface area contributed by atoms with Gasteiger partial charge in [0.05, 0.1) is 5.92 Å². The lowest BCUT2D eigenvalue weighted by atomic mass is 10.1. The molecule has 0 radical (unpaired) electrons. The number of rotatable bonds is 3. The summed E-state index contributed by atoms with van der Waals surface area (Å²) in [6.07, 6.45) is 2.34. The average molecular weight is 346 g/mol. The molecule has 2 aromatic heterocycles. The minimum absolute atomic E-state index is 0.183. The highest BCUT2D eigenvalue weighted by Gasteiger charge is 2.56. The van der Waals surface area contributed by atoms with Crippen molar-refractivity contribution >= 4 is 40.6 Å². The first-order valence-corrected chi connectivity index (χ1v) is 8.03. The lowest BCUT2D eigenvalue weighted by molar-refractivity contribution is -0.117. The van der Waals surface area contributed by atoms with E-state index in [4.69, 9.17) is 23.2 Å². The van der Waals surface area contributed by atoms with Crippen LogP contribution in [0.15, 0.2) is 54.7 Å². The first-order chi connectivity index (χ1) is 11.1. The number of anilines is 1. The summed E-state index contributed by atoms with van der Waals surface area (Å²) in [4.78, 5) is 17.0. The minimum Gasteiger partial charge on any atom is -0.310 e. The Bertz CT molecular complexity index is 889. The SMILES string of the molecule is O=C(Nc1c(-c2ccccc2)nc2ccccn12)C1CC1(Cl)Cl. The maximum Gasteiger partial charge on any atom is 0.231 e. The van der Waals surface area contributed by atoms with Gasteiger partial charge in [-0.2, -0.15) is 0 Å². The van der Waals surface area contributed by atoms with E-state index in [1.54, 1.807) is 0 Å². The number of pyridine rings is 1. The molecule has 6 heteroatoms. The van der Waals surface area contributed by atoms with Gasteiger partial charge in [0, 0.05) is 11.8 Å². The predicted octanol–water partition coefficient (Wildman–Crippen LogP) is 4.13. The third-order valence-corrected chi connectivity index (χ3v) is 4.80. The molecule has 1 atom stereocenters. The van der Waals surface area contributed by atoms with Crippen LogP contribution in [-0.4, -0.2) is 19.6 Å². The lowest BCUT2D eigenvalue weighted by Gasteiger charge is -2.08. The zero-order valence-corrected chi connectivity index (χ0v) is 13.6. The quantitative estimate of drug-likeness (QED) is 0.725.